The third-order valence-corrected chi connectivity index (χ3v) is 4.66. The van der Waals surface area contributed by atoms with Crippen LogP contribution in [-0.4, -0.2) is 27.1 Å². The van der Waals surface area contributed by atoms with Crippen molar-refractivity contribution in [3.8, 4) is 10.6 Å². The van der Waals surface area contributed by atoms with Crippen molar-refractivity contribution in [2.24, 2.45) is 5.10 Å². The van der Waals surface area contributed by atoms with Crippen LogP contribution in [0.4, 0.5) is 0 Å². The van der Waals surface area contributed by atoms with Crippen LogP contribution in [0.15, 0.2) is 63.9 Å². The highest BCUT2D eigenvalue weighted by Crippen LogP contribution is 2.21. The van der Waals surface area contributed by atoms with Gasteiger partial charge in [0.25, 0.3) is 5.91 Å². The van der Waals surface area contributed by atoms with Gasteiger partial charge in [-0.15, -0.1) is 11.3 Å². The average molecular weight is 363 g/mol. The highest BCUT2D eigenvalue weighted by atomic mass is 32.1. The van der Waals surface area contributed by atoms with Gasteiger partial charge in [-0.05, 0) is 23.6 Å². The van der Waals surface area contributed by atoms with E-state index in [1.165, 1.54) is 17.4 Å². The number of nitrogens with zero attached hydrogens (tertiary/aromatic N) is 2. The Kier molecular flexibility index (Phi) is 4.16. The van der Waals surface area contributed by atoms with E-state index in [1.54, 1.807) is 12.4 Å². The molecule has 7 nitrogen and oxygen atoms in total. The summed E-state index contributed by atoms with van der Waals surface area (Å²) in [7, 11) is 0. The van der Waals surface area contributed by atoms with Crippen molar-refractivity contribution in [2.45, 2.75) is 0 Å². The second kappa shape index (κ2) is 6.77. The third-order valence-electron chi connectivity index (χ3n) is 3.75. The smallest absolute Gasteiger partial charge is 0.346 e. The topological polar surface area (TPSA) is 103 Å². The normalized spacial score (nSPS) is 11.2. The highest BCUT2D eigenvalue weighted by molar-refractivity contribution is 7.13. The molecule has 4 aromatic rings. The molecule has 3 heterocycles. The molecule has 0 spiro atoms. The number of hydrogen-bond donors (Lipinski definition) is 3. The van der Waals surface area contributed by atoms with E-state index in [4.69, 9.17) is 0 Å². The van der Waals surface area contributed by atoms with Gasteiger partial charge in [0.05, 0.1) is 16.8 Å². The van der Waals surface area contributed by atoms with E-state index in [0.29, 0.717) is 5.69 Å². The minimum absolute atomic E-state index is 0.00762. The number of hydrogen-bond acceptors (Lipinski definition) is 5. The molecule has 128 valence electrons. The Hall–Kier alpha value is -3.52. The van der Waals surface area contributed by atoms with E-state index >= 15 is 0 Å². The Labute approximate surface area is 151 Å². The van der Waals surface area contributed by atoms with Gasteiger partial charge in [-0.25, -0.2) is 10.2 Å². The van der Waals surface area contributed by atoms with Crippen molar-refractivity contribution in [2.75, 3.05) is 0 Å². The first-order chi connectivity index (χ1) is 12.7. The second-order valence-electron chi connectivity index (χ2n) is 5.45. The number of aromatic amines is 2. The molecular formula is C18H13N5O2S. The van der Waals surface area contributed by atoms with Crippen LogP contribution in [0.5, 0.6) is 0 Å². The lowest BCUT2D eigenvalue weighted by Gasteiger charge is -2.01. The molecule has 0 bridgehead atoms. The Morgan fingerprint density at radius 1 is 1.23 bits per heavy atom. The number of aromatic nitrogens is 3. The number of thiophene rings is 1. The van der Waals surface area contributed by atoms with Crippen LogP contribution in [0, 0.1) is 0 Å². The first-order valence-corrected chi connectivity index (χ1v) is 8.63. The zero-order chi connectivity index (χ0) is 17.9. The molecule has 0 atom stereocenters. The number of carbonyl (C=O) groups is 1. The predicted octanol–water partition coefficient (Wildman–Crippen LogP) is 2.74. The maximum Gasteiger partial charge on any atom is 0.346 e. The van der Waals surface area contributed by atoms with Crippen molar-refractivity contribution in [1.29, 1.82) is 0 Å². The van der Waals surface area contributed by atoms with Crippen molar-refractivity contribution < 1.29 is 4.79 Å². The monoisotopic (exact) mass is 363 g/mol. The summed E-state index contributed by atoms with van der Waals surface area (Å²) in [5.41, 5.74) is 4.21. The van der Waals surface area contributed by atoms with Crippen molar-refractivity contribution >= 4 is 34.4 Å². The fourth-order valence-corrected chi connectivity index (χ4v) is 3.25. The van der Waals surface area contributed by atoms with Gasteiger partial charge in [0.2, 0.25) is 0 Å². The van der Waals surface area contributed by atoms with Crippen LogP contribution in [0.2, 0.25) is 0 Å². The fourth-order valence-electron chi connectivity index (χ4n) is 2.56. The van der Waals surface area contributed by atoms with Gasteiger partial charge in [-0.2, -0.15) is 10.1 Å². The minimum atomic E-state index is -0.582. The van der Waals surface area contributed by atoms with E-state index in [9.17, 15) is 9.59 Å². The quantitative estimate of drug-likeness (QED) is 0.384. The molecule has 0 saturated heterocycles. The highest BCUT2D eigenvalue weighted by Gasteiger charge is 2.11. The number of benzene rings is 1. The lowest BCUT2D eigenvalue weighted by atomic mass is 10.2. The minimum Gasteiger partial charge on any atom is -0.361 e. The number of H-pyrrole nitrogens is 2. The van der Waals surface area contributed by atoms with Gasteiger partial charge < -0.3 is 9.97 Å². The average Bonchev–Trinajstić information content (AvgIpc) is 3.31. The maximum absolute atomic E-state index is 12.3. The van der Waals surface area contributed by atoms with Crippen LogP contribution in [0.1, 0.15) is 16.1 Å². The van der Waals surface area contributed by atoms with E-state index in [0.717, 1.165) is 21.3 Å². The van der Waals surface area contributed by atoms with E-state index in [-0.39, 0.29) is 5.69 Å². The third kappa shape index (κ3) is 3.17. The summed E-state index contributed by atoms with van der Waals surface area (Å²) < 4.78 is 0. The van der Waals surface area contributed by atoms with Gasteiger partial charge >= 0.3 is 5.69 Å². The summed E-state index contributed by atoms with van der Waals surface area (Å²) >= 11 is 1.46. The molecule has 4 rings (SSSR count). The number of rotatable bonds is 4. The molecule has 0 aliphatic rings. The summed E-state index contributed by atoms with van der Waals surface area (Å²) in [5.74, 6) is -0.551. The Morgan fingerprint density at radius 2 is 2.12 bits per heavy atom. The molecule has 0 unspecified atom stereocenters. The summed E-state index contributed by atoms with van der Waals surface area (Å²) in [6, 6.07) is 13.0. The standard InChI is InChI=1S/C18H13N5O2S/c24-17(15-8-14(21-18(25)22-15)16-6-3-7-26-16)23-20-10-11-9-19-13-5-2-1-4-12(11)13/h1-10,19H,(H,23,24)(H,21,22,25)/b20-10+. The van der Waals surface area contributed by atoms with Crippen molar-refractivity contribution in [3.63, 3.8) is 0 Å². The molecule has 26 heavy (non-hydrogen) atoms. The molecule has 3 aromatic heterocycles. The number of hydrazone groups is 1. The molecule has 0 fully saturated rings. The van der Waals surface area contributed by atoms with Crippen LogP contribution in [-0.2, 0) is 0 Å². The SMILES string of the molecule is O=C(N/N=C/c1c[nH]c2ccccc12)c1cc(-c2cccs2)[nH]c(=O)n1. The van der Waals surface area contributed by atoms with E-state index < -0.39 is 11.6 Å². The summed E-state index contributed by atoms with van der Waals surface area (Å²) in [4.78, 5) is 34.3. The van der Waals surface area contributed by atoms with Crippen LogP contribution < -0.4 is 11.1 Å². The van der Waals surface area contributed by atoms with Gasteiger partial charge in [0.15, 0.2) is 0 Å². The molecular weight excluding hydrogens is 350 g/mol. The Balaban J connectivity index is 1.54. The molecule has 1 amide bonds. The molecule has 0 aliphatic carbocycles. The van der Waals surface area contributed by atoms with Gasteiger partial charge in [0.1, 0.15) is 5.69 Å². The number of para-hydroxylation sites is 1. The predicted molar refractivity (Wildman–Crippen MR) is 102 cm³/mol. The number of fused-ring (bicyclic) bond motifs is 1. The number of amides is 1. The fraction of sp³-hybridized carbons (Fsp3) is 0. The van der Waals surface area contributed by atoms with Gasteiger partial charge in [-0.3, -0.25) is 4.79 Å². The van der Waals surface area contributed by atoms with Gasteiger partial charge in [-0.1, -0.05) is 24.3 Å². The summed E-state index contributed by atoms with van der Waals surface area (Å²) in [6.07, 6.45) is 3.35. The second-order valence-corrected chi connectivity index (χ2v) is 6.40. The summed E-state index contributed by atoms with van der Waals surface area (Å²) in [5, 5.41) is 6.86. The first-order valence-electron chi connectivity index (χ1n) is 7.75. The van der Waals surface area contributed by atoms with Crippen molar-refractivity contribution in [3.05, 3.63) is 75.8 Å². The number of carbonyl (C=O) groups excluding carboxylic acids is 1. The van der Waals surface area contributed by atoms with E-state index in [1.807, 2.05) is 41.8 Å². The zero-order valence-electron chi connectivity index (χ0n) is 13.4. The zero-order valence-corrected chi connectivity index (χ0v) is 14.2. The lowest BCUT2D eigenvalue weighted by Crippen LogP contribution is -2.24. The van der Waals surface area contributed by atoms with Crippen LogP contribution in [0.3, 0.4) is 0 Å². The molecule has 0 saturated carbocycles. The van der Waals surface area contributed by atoms with Crippen LogP contribution in [0.25, 0.3) is 21.5 Å². The molecule has 1 aromatic carbocycles. The maximum atomic E-state index is 12.3. The number of nitrogens with one attached hydrogen (secondary N) is 3. The molecule has 0 radical (unpaired) electrons. The van der Waals surface area contributed by atoms with Gasteiger partial charge in [0, 0.05) is 22.7 Å². The first kappa shape index (κ1) is 16.0. The van der Waals surface area contributed by atoms with E-state index in [2.05, 4.69) is 25.5 Å². The van der Waals surface area contributed by atoms with Crippen molar-refractivity contribution in [1.82, 2.24) is 20.4 Å². The molecule has 0 aliphatic heterocycles. The summed E-state index contributed by atoms with van der Waals surface area (Å²) in [6.45, 7) is 0. The molecule has 8 heteroatoms. The van der Waals surface area contributed by atoms with Crippen LogP contribution >= 0.6 is 11.3 Å². The largest absolute Gasteiger partial charge is 0.361 e. The Bertz CT molecular complexity index is 1160. The molecule has 3 N–H and O–H groups in total. The Morgan fingerprint density at radius 3 is 2.96 bits per heavy atom. The lowest BCUT2D eigenvalue weighted by molar-refractivity contribution is 0.0949.